The topological polar surface area (TPSA) is 40.6 Å². The molecule has 0 aliphatic carbocycles. The van der Waals surface area contributed by atoms with Crippen LogP contribution in [0.25, 0.3) is 138 Å². The van der Waals surface area contributed by atoms with E-state index < -0.39 is 0 Å². The average Bonchev–Trinajstić information content (AvgIpc) is 3.98. The molecule has 0 saturated heterocycles. The Hall–Kier alpha value is -8.80. The fourth-order valence-corrected chi connectivity index (χ4v) is 11.3. The van der Waals surface area contributed by atoms with E-state index in [2.05, 4.69) is 226 Å². The summed E-state index contributed by atoms with van der Waals surface area (Å²) in [6, 6.07) is 77.0. The van der Waals surface area contributed by atoms with Crippen molar-refractivity contribution in [1.82, 2.24) is 23.7 Å². The maximum absolute atomic E-state index is 5.83. The van der Waals surface area contributed by atoms with Crippen molar-refractivity contribution in [2.75, 3.05) is 0 Å². The average molecular weight is 826 g/mol. The SMILES string of the molecule is c1ccc(-n2c3ccccc3c3c(-c4nc5c(ccc6ccccc65)nc4-n4c5ccccc5c5c6c7c(cc54)c4ccccc4n7-c4ccccc4-c4ccccc4-6)cccc32)cc1. The van der Waals surface area contributed by atoms with Crippen LogP contribution in [0.15, 0.2) is 212 Å². The molecule has 14 aromatic rings. The Balaban J connectivity index is 1.15. The number of hydrogen-bond acceptors (Lipinski definition) is 2. The Labute approximate surface area is 372 Å². The van der Waals surface area contributed by atoms with Crippen molar-refractivity contribution in [3.63, 3.8) is 0 Å². The molecule has 0 amide bonds. The summed E-state index contributed by atoms with van der Waals surface area (Å²) < 4.78 is 7.31. The lowest BCUT2D eigenvalue weighted by atomic mass is 9.91. The van der Waals surface area contributed by atoms with Gasteiger partial charge in [0.1, 0.15) is 5.69 Å². The van der Waals surface area contributed by atoms with E-state index in [-0.39, 0.29) is 0 Å². The number of aromatic nitrogens is 5. The van der Waals surface area contributed by atoms with Crippen molar-refractivity contribution in [3.8, 4) is 50.7 Å². The molecule has 0 N–H and O–H groups in total. The molecular weight excluding hydrogens is 791 g/mol. The highest BCUT2D eigenvalue weighted by Crippen LogP contribution is 2.52. The summed E-state index contributed by atoms with van der Waals surface area (Å²) in [5.74, 6) is 0.795. The minimum absolute atomic E-state index is 0.795. The third-order valence-corrected chi connectivity index (χ3v) is 13.9. The Bertz CT molecular complexity index is 4360. The van der Waals surface area contributed by atoms with E-state index in [1.807, 2.05) is 0 Å². The highest BCUT2D eigenvalue weighted by atomic mass is 15.1. The number of rotatable bonds is 3. The predicted octanol–water partition coefficient (Wildman–Crippen LogP) is 15.4. The van der Waals surface area contributed by atoms with E-state index in [1.54, 1.807) is 0 Å². The van der Waals surface area contributed by atoms with Crippen LogP contribution in [0.1, 0.15) is 0 Å². The highest BCUT2D eigenvalue weighted by Gasteiger charge is 2.30. The quantitative estimate of drug-likeness (QED) is 0.167. The zero-order chi connectivity index (χ0) is 42.3. The smallest absolute Gasteiger partial charge is 0.165 e. The van der Waals surface area contributed by atoms with Crippen molar-refractivity contribution in [2.24, 2.45) is 0 Å². The normalized spacial score (nSPS) is 12.3. The first-order valence-corrected chi connectivity index (χ1v) is 22.3. The molecule has 15 rings (SSSR count). The van der Waals surface area contributed by atoms with E-state index in [9.17, 15) is 0 Å². The second-order valence-electron chi connectivity index (χ2n) is 17.2. The summed E-state index contributed by atoms with van der Waals surface area (Å²) in [6.07, 6.45) is 0. The third kappa shape index (κ3) is 4.60. The lowest BCUT2D eigenvalue weighted by Gasteiger charge is -2.16. The van der Waals surface area contributed by atoms with Crippen LogP contribution in [0.5, 0.6) is 0 Å². The summed E-state index contributed by atoms with van der Waals surface area (Å²) in [5.41, 5.74) is 17.6. The van der Waals surface area contributed by atoms with Crippen LogP contribution >= 0.6 is 0 Å². The summed E-state index contributed by atoms with van der Waals surface area (Å²) >= 11 is 0. The summed E-state index contributed by atoms with van der Waals surface area (Å²) in [7, 11) is 0. The van der Waals surface area contributed by atoms with Gasteiger partial charge >= 0.3 is 0 Å². The van der Waals surface area contributed by atoms with Crippen LogP contribution in [-0.4, -0.2) is 23.7 Å². The van der Waals surface area contributed by atoms with Crippen LogP contribution in [-0.2, 0) is 0 Å². The molecule has 0 unspecified atom stereocenters. The summed E-state index contributed by atoms with van der Waals surface area (Å²) in [4.78, 5) is 11.6. The molecule has 5 nitrogen and oxygen atoms in total. The lowest BCUT2D eigenvalue weighted by molar-refractivity contribution is 1.08. The Morgan fingerprint density at radius 2 is 0.938 bits per heavy atom. The first-order valence-electron chi connectivity index (χ1n) is 22.3. The number of benzene rings is 10. The van der Waals surface area contributed by atoms with Crippen LogP contribution in [0, 0.1) is 0 Å². The molecule has 10 aromatic carbocycles. The van der Waals surface area contributed by atoms with Crippen molar-refractivity contribution in [3.05, 3.63) is 212 Å². The Morgan fingerprint density at radius 1 is 0.338 bits per heavy atom. The van der Waals surface area contributed by atoms with Crippen LogP contribution < -0.4 is 0 Å². The van der Waals surface area contributed by atoms with Gasteiger partial charge < -0.3 is 9.13 Å². The standard InChI is InChI=1S/C60H35N5/c1-2-18-37(19-3-1)63-50-30-14-10-25-43(50)54-45(27-16-32-52(54)63)58-60(61-47-34-33-36-17-4-5-20-38(36)57(47)62-58)65-51-31-15-11-26-44(51)55-53(65)35-46-41-23-9-13-29-49(41)64-48-28-12-8-22-40(48)39-21-6-7-24-42(39)56(55)59(46)64/h1-35H. The highest BCUT2D eigenvalue weighted by molar-refractivity contribution is 6.29. The van der Waals surface area contributed by atoms with Gasteiger partial charge in [-0.05, 0) is 71.1 Å². The van der Waals surface area contributed by atoms with E-state index in [0.29, 0.717) is 0 Å². The van der Waals surface area contributed by atoms with Crippen molar-refractivity contribution in [1.29, 1.82) is 0 Å². The van der Waals surface area contributed by atoms with Gasteiger partial charge in [-0.2, -0.15) is 0 Å². The zero-order valence-corrected chi connectivity index (χ0v) is 34.9. The first-order chi connectivity index (χ1) is 32.3. The van der Waals surface area contributed by atoms with Gasteiger partial charge in [0.2, 0.25) is 0 Å². The summed E-state index contributed by atoms with van der Waals surface area (Å²) in [6.45, 7) is 0. The van der Waals surface area contributed by atoms with Crippen LogP contribution in [0.4, 0.5) is 0 Å². The predicted molar refractivity (Wildman–Crippen MR) is 270 cm³/mol. The second-order valence-corrected chi connectivity index (χ2v) is 17.2. The Morgan fingerprint density at radius 3 is 1.75 bits per heavy atom. The van der Waals surface area contributed by atoms with Crippen molar-refractivity contribution < 1.29 is 0 Å². The molecule has 0 saturated carbocycles. The zero-order valence-electron chi connectivity index (χ0n) is 34.9. The third-order valence-electron chi connectivity index (χ3n) is 13.9. The fraction of sp³-hybridized carbons (Fsp3) is 0. The number of hydrogen-bond donors (Lipinski definition) is 0. The lowest BCUT2D eigenvalue weighted by Crippen LogP contribution is -2.04. The monoisotopic (exact) mass is 825 g/mol. The summed E-state index contributed by atoms with van der Waals surface area (Å²) in [5, 5.41) is 9.31. The molecule has 300 valence electrons. The fourth-order valence-electron chi connectivity index (χ4n) is 11.3. The largest absolute Gasteiger partial charge is 0.309 e. The molecule has 0 bridgehead atoms. The molecule has 0 fully saturated rings. The van der Waals surface area contributed by atoms with Crippen LogP contribution in [0.2, 0.25) is 0 Å². The van der Waals surface area contributed by atoms with Gasteiger partial charge in [0.25, 0.3) is 0 Å². The van der Waals surface area contributed by atoms with Gasteiger partial charge in [0.05, 0.1) is 49.8 Å². The van der Waals surface area contributed by atoms with Crippen molar-refractivity contribution in [2.45, 2.75) is 0 Å². The molecule has 0 atom stereocenters. The maximum Gasteiger partial charge on any atom is 0.165 e. The maximum atomic E-state index is 5.83. The Kier molecular flexibility index (Phi) is 6.89. The van der Waals surface area contributed by atoms with Gasteiger partial charge in [0.15, 0.2) is 5.82 Å². The number of fused-ring (bicyclic) bond motifs is 18. The van der Waals surface area contributed by atoms with E-state index in [4.69, 9.17) is 9.97 Å². The molecule has 5 heteroatoms. The van der Waals surface area contributed by atoms with Gasteiger partial charge in [-0.1, -0.05) is 158 Å². The van der Waals surface area contributed by atoms with Gasteiger partial charge in [0, 0.05) is 60.1 Å². The minimum Gasteiger partial charge on any atom is -0.309 e. The van der Waals surface area contributed by atoms with E-state index in [1.165, 1.54) is 65.9 Å². The number of nitrogens with zero attached hydrogens (tertiary/aromatic N) is 5. The van der Waals surface area contributed by atoms with E-state index >= 15 is 0 Å². The number of para-hydroxylation sites is 5. The molecule has 5 heterocycles. The first kappa shape index (κ1) is 34.7. The molecule has 65 heavy (non-hydrogen) atoms. The van der Waals surface area contributed by atoms with Gasteiger partial charge in [-0.15, -0.1) is 0 Å². The molecule has 4 aromatic heterocycles. The van der Waals surface area contributed by atoms with Crippen molar-refractivity contribution >= 4 is 87.2 Å². The van der Waals surface area contributed by atoms with Gasteiger partial charge in [-0.3, -0.25) is 4.57 Å². The second kappa shape index (κ2) is 12.9. The van der Waals surface area contributed by atoms with Gasteiger partial charge in [-0.25, -0.2) is 9.97 Å². The molecule has 1 aliphatic rings. The molecule has 1 aliphatic heterocycles. The van der Waals surface area contributed by atoms with Crippen LogP contribution in [0.3, 0.4) is 0 Å². The molecule has 0 spiro atoms. The molecular formula is C60H35N5. The minimum atomic E-state index is 0.795. The molecule has 0 radical (unpaired) electrons. The van der Waals surface area contributed by atoms with E-state index in [0.717, 1.165) is 72.0 Å².